The van der Waals surface area contributed by atoms with Crippen molar-refractivity contribution >= 4 is 15.9 Å². The molecule has 0 bridgehead atoms. The van der Waals surface area contributed by atoms with Gasteiger partial charge in [-0.1, -0.05) is 0 Å². The number of rotatable bonds is 4. The Morgan fingerprint density at radius 2 is 2.06 bits per heavy atom. The van der Waals surface area contributed by atoms with Crippen molar-refractivity contribution in [2.75, 3.05) is 7.05 Å². The van der Waals surface area contributed by atoms with Crippen LogP contribution < -0.4 is 5.32 Å². The van der Waals surface area contributed by atoms with E-state index in [0.29, 0.717) is 6.04 Å². The molecule has 100 valence electrons. The van der Waals surface area contributed by atoms with Crippen LogP contribution in [-0.4, -0.2) is 22.9 Å². The molecule has 0 aliphatic heterocycles. The van der Waals surface area contributed by atoms with Crippen LogP contribution in [0.1, 0.15) is 30.7 Å². The Labute approximate surface area is 117 Å². The van der Waals surface area contributed by atoms with E-state index >= 15 is 0 Å². The summed E-state index contributed by atoms with van der Waals surface area (Å²) < 4.78 is 3.22. The predicted molar refractivity (Wildman–Crippen MR) is 76.5 cm³/mol. The molecule has 2 fully saturated rings. The van der Waals surface area contributed by atoms with Gasteiger partial charge in [-0.3, -0.25) is 4.68 Å². The Morgan fingerprint density at radius 1 is 1.39 bits per heavy atom. The molecule has 0 radical (unpaired) electrons. The monoisotopic (exact) mass is 311 g/mol. The van der Waals surface area contributed by atoms with E-state index in [1.807, 2.05) is 11.7 Å². The molecule has 1 aromatic rings. The molecular formula is C14H22BrN3. The highest BCUT2D eigenvalue weighted by Gasteiger charge is 2.47. The van der Waals surface area contributed by atoms with Crippen LogP contribution in [0.25, 0.3) is 0 Å². The quantitative estimate of drug-likeness (QED) is 0.926. The van der Waals surface area contributed by atoms with Gasteiger partial charge in [0.15, 0.2) is 0 Å². The van der Waals surface area contributed by atoms with Crippen molar-refractivity contribution in [3.63, 3.8) is 0 Å². The standard InChI is InChI=1S/C14H22BrN3/c1-8-14(15)13(18(3)17-8)7-12(16-2)11-5-9-4-10(9)6-11/h9-12,16H,4-7H2,1-3H3. The number of fused-ring (bicyclic) bond motifs is 1. The van der Waals surface area contributed by atoms with Gasteiger partial charge >= 0.3 is 0 Å². The van der Waals surface area contributed by atoms with E-state index in [0.717, 1.165) is 29.9 Å². The molecule has 2 aliphatic carbocycles. The van der Waals surface area contributed by atoms with Crippen molar-refractivity contribution in [2.45, 2.75) is 38.6 Å². The molecule has 3 unspecified atom stereocenters. The maximum atomic E-state index is 4.49. The van der Waals surface area contributed by atoms with Gasteiger partial charge in [-0.05, 0) is 66.9 Å². The van der Waals surface area contributed by atoms with Gasteiger partial charge in [0.05, 0.1) is 15.9 Å². The lowest BCUT2D eigenvalue weighted by atomic mass is 9.91. The SMILES string of the molecule is CNC(Cc1c(Br)c(C)nn1C)C1CC2CC2C1. The van der Waals surface area contributed by atoms with E-state index in [9.17, 15) is 0 Å². The van der Waals surface area contributed by atoms with Crippen LogP contribution in [0.5, 0.6) is 0 Å². The van der Waals surface area contributed by atoms with Crippen molar-refractivity contribution in [1.29, 1.82) is 0 Å². The second-order valence-corrected chi connectivity index (χ2v) is 6.85. The Hall–Kier alpha value is -0.350. The number of aryl methyl sites for hydroxylation is 2. The number of aromatic nitrogens is 2. The lowest BCUT2D eigenvalue weighted by molar-refractivity contribution is 0.344. The highest BCUT2D eigenvalue weighted by molar-refractivity contribution is 9.10. The zero-order valence-electron chi connectivity index (χ0n) is 11.4. The van der Waals surface area contributed by atoms with E-state index < -0.39 is 0 Å². The molecule has 1 heterocycles. The Bertz CT molecular complexity index is 444. The van der Waals surface area contributed by atoms with Crippen LogP contribution in [0.3, 0.4) is 0 Å². The molecule has 2 aliphatic rings. The Kier molecular flexibility index (Phi) is 3.27. The number of nitrogens with one attached hydrogen (secondary N) is 1. The molecular weight excluding hydrogens is 290 g/mol. The minimum Gasteiger partial charge on any atom is -0.316 e. The molecule has 4 heteroatoms. The van der Waals surface area contributed by atoms with Crippen LogP contribution in [0.4, 0.5) is 0 Å². The van der Waals surface area contributed by atoms with Crippen molar-refractivity contribution < 1.29 is 0 Å². The maximum Gasteiger partial charge on any atom is 0.0738 e. The molecule has 0 aromatic carbocycles. The molecule has 1 N–H and O–H groups in total. The fraction of sp³-hybridized carbons (Fsp3) is 0.786. The molecule has 0 spiro atoms. The van der Waals surface area contributed by atoms with Crippen LogP contribution in [-0.2, 0) is 13.5 Å². The van der Waals surface area contributed by atoms with Crippen molar-refractivity contribution in [2.24, 2.45) is 24.8 Å². The first-order valence-electron chi connectivity index (χ1n) is 6.95. The molecule has 3 rings (SSSR count). The summed E-state index contributed by atoms with van der Waals surface area (Å²) >= 11 is 3.68. The van der Waals surface area contributed by atoms with Gasteiger partial charge in [0, 0.05) is 19.5 Å². The van der Waals surface area contributed by atoms with Gasteiger partial charge < -0.3 is 5.32 Å². The second-order valence-electron chi connectivity index (χ2n) is 6.06. The summed E-state index contributed by atoms with van der Waals surface area (Å²) in [4.78, 5) is 0. The van der Waals surface area contributed by atoms with Crippen LogP contribution in [0, 0.1) is 24.7 Å². The fourth-order valence-corrected chi connectivity index (χ4v) is 4.20. The molecule has 0 amide bonds. The maximum absolute atomic E-state index is 4.49. The molecule has 3 nitrogen and oxygen atoms in total. The smallest absolute Gasteiger partial charge is 0.0738 e. The molecule has 18 heavy (non-hydrogen) atoms. The summed E-state index contributed by atoms with van der Waals surface area (Å²) in [7, 11) is 4.15. The van der Waals surface area contributed by atoms with Gasteiger partial charge in [-0.2, -0.15) is 5.10 Å². The average molecular weight is 312 g/mol. The number of hydrogen-bond acceptors (Lipinski definition) is 2. The predicted octanol–water partition coefficient (Wildman–Crippen LogP) is 2.67. The normalized spacial score (nSPS) is 31.4. The Morgan fingerprint density at radius 3 is 2.56 bits per heavy atom. The van der Waals surface area contributed by atoms with E-state index in [1.54, 1.807) is 0 Å². The highest BCUT2D eigenvalue weighted by Crippen LogP contribution is 2.55. The van der Waals surface area contributed by atoms with Gasteiger partial charge in [0.25, 0.3) is 0 Å². The highest BCUT2D eigenvalue weighted by atomic mass is 79.9. The third kappa shape index (κ3) is 2.14. The zero-order valence-corrected chi connectivity index (χ0v) is 13.0. The molecule has 1 aromatic heterocycles. The largest absolute Gasteiger partial charge is 0.316 e. The van der Waals surface area contributed by atoms with Crippen LogP contribution in [0.2, 0.25) is 0 Å². The number of hydrogen-bond donors (Lipinski definition) is 1. The molecule has 0 saturated heterocycles. The average Bonchev–Trinajstić information content (AvgIpc) is 2.88. The van der Waals surface area contributed by atoms with Gasteiger partial charge in [-0.25, -0.2) is 0 Å². The van der Waals surface area contributed by atoms with Crippen LogP contribution >= 0.6 is 15.9 Å². The number of nitrogens with zero attached hydrogens (tertiary/aromatic N) is 2. The van der Waals surface area contributed by atoms with E-state index in [-0.39, 0.29) is 0 Å². The summed E-state index contributed by atoms with van der Waals surface area (Å²) in [6.45, 7) is 2.06. The first-order chi connectivity index (χ1) is 8.60. The minimum absolute atomic E-state index is 0.601. The summed E-state index contributed by atoms with van der Waals surface area (Å²) in [5.74, 6) is 2.98. The van der Waals surface area contributed by atoms with E-state index in [1.165, 1.54) is 29.4 Å². The minimum atomic E-state index is 0.601. The van der Waals surface area contributed by atoms with E-state index in [2.05, 4.69) is 40.3 Å². The third-order valence-electron chi connectivity index (χ3n) is 4.89. The van der Waals surface area contributed by atoms with Crippen molar-refractivity contribution in [3.8, 4) is 0 Å². The van der Waals surface area contributed by atoms with Crippen molar-refractivity contribution in [1.82, 2.24) is 15.1 Å². The lowest BCUT2D eigenvalue weighted by Crippen LogP contribution is -2.35. The van der Waals surface area contributed by atoms with Crippen LogP contribution in [0.15, 0.2) is 4.47 Å². The summed E-state index contributed by atoms with van der Waals surface area (Å²) in [5, 5.41) is 8.03. The van der Waals surface area contributed by atoms with Gasteiger partial charge in [-0.15, -0.1) is 0 Å². The molecule has 3 atom stereocenters. The topological polar surface area (TPSA) is 29.9 Å². The first kappa shape index (κ1) is 12.7. The fourth-order valence-electron chi connectivity index (χ4n) is 3.70. The number of likely N-dealkylation sites (N-methyl/N-ethyl adjacent to an activating group) is 1. The first-order valence-corrected chi connectivity index (χ1v) is 7.74. The van der Waals surface area contributed by atoms with Gasteiger partial charge in [0.1, 0.15) is 0 Å². The molecule has 2 saturated carbocycles. The van der Waals surface area contributed by atoms with Crippen molar-refractivity contribution in [3.05, 3.63) is 15.9 Å². The van der Waals surface area contributed by atoms with E-state index in [4.69, 9.17) is 0 Å². The van der Waals surface area contributed by atoms with Gasteiger partial charge in [0.2, 0.25) is 0 Å². The summed E-state index contributed by atoms with van der Waals surface area (Å²) in [5.41, 5.74) is 2.42. The third-order valence-corrected chi connectivity index (χ3v) is 5.93. The summed E-state index contributed by atoms with van der Waals surface area (Å²) in [6.07, 6.45) is 5.45. The zero-order chi connectivity index (χ0) is 12.9. The summed E-state index contributed by atoms with van der Waals surface area (Å²) in [6, 6.07) is 0.601. The second kappa shape index (κ2) is 4.64. The Balaban J connectivity index is 1.73. The lowest BCUT2D eigenvalue weighted by Gasteiger charge is -2.24. The number of halogens is 1.